The zero-order valence-electron chi connectivity index (χ0n) is 12.6. The number of hydrogen-bond donors (Lipinski definition) is 3. The SMILES string of the molecule is COc1ccc(NC(=O)C(CN)CC(C)C)c(C(=O)O)c1. The van der Waals surface area contributed by atoms with Crippen molar-refractivity contribution in [2.24, 2.45) is 17.6 Å². The van der Waals surface area contributed by atoms with Crippen LogP contribution in [-0.2, 0) is 4.79 Å². The molecule has 1 unspecified atom stereocenters. The van der Waals surface area contributed by atoms with E-state index in [-0.39, 0.29) is 29.6 Å². The van der Waals surface area contributed by atoms with Gasteiger partial charge in [0.15, 0.2) is 0 Å². The van der Waals surface area contributed by atoms with Crippen LogP contribution in [0.25, 0.3) is 0 Å². The molecule has 0 fully saturated rings. The first-order valence-corrected chi connectivity index (χ1v) is 6.81. The van der Waals surface area contributed by atoms with Gasteiger partial charge in [-0.2, -0.15) is 0 Å². The first-order chi connectivity index (χ1) is 9.88. The zero-order valence-corrected chi connectivity index (χ0v) is 12.6. The molecule has 0 aliphatic carbocycles. The maximum absolute atomic E-state index is 12.2. The zero-order chi connectivity index (χ0) is 16.0. The van der Waals surface area contributed by atoms with E-state index in [1.54, 1.807) is 6.07 Å². The van der Waals surface area contributed by atoms with E-state index in [9.17, 15) is 14.7 Å². The van der Waals surface area contributed by atoms with Gasteiger partial charge in [-0.05, 0) is 30.5 Å². The quantitative estimate of drug-likeness (QED) is 0.713. The minimum Gasteiger partial charge on any atom is -0.497 e. The molecule has 116 valence electrons. The fraction of sp³-hybridized carbons (Fsp3) is 0.467. The molecule has 1 aromatic carbocycles. The summed E-state index contributed by atoms with van der Waals surface area (Å²) in [5.74, 6) is -0.980. The Morgan fingerprint density at radius 3 is 2.52 bits per heavy atom. The molecule has 0 saturated carbocycles. The molecule has 21 heavy (non-hydrogen) atoms. The molecule has 0 heterocycles. The largest absolute Gasteiger partial charge is 0.497 e. The maximum atomic E-state index is 12.2. The van der Waals surface area contributed by atoms with Gasteiger partial charge in [0.1, 0.15) is 5.75 Å². The lowest BCUT2D eigenvalue weighted by Crippen LogP contribution is -2.30. The summed E-state index contributed by atoms with van der Waals surface area (Å²) in [6.07, 6.45) is 0.654. The second-order valence-electron chi connectivity index (χ2n) is 5.27. The number of anilines is 1. The second kappa shape index (κ2) is 7.64. The molecule has 0 spiro atoms. The van der Waals surface area contributed by atoms with E-state index in [0.29, 0.717) is 18.1 Å². The third-order valence-electron chi connectivity index (χ3n) is 3.13. The highest BCUT2D eigenvalue weighted by Gasteiger charge is 2.20. The Balaban J connectivity index is 2.95. The average molecular weight is 294 g/mol. The minimum absolute atomic E-state index is 0.0111. The number of benzene rings is 1. The summed E-state index contributed by atoms with van der Waals surface area (Å²) in [4.78, 5) is 23.5. The van der Waals surface area contributed by atoms with Gasteiger partial charge in [-0.3, -0.25) is 4.79 Å². The van der Waals surface area contributed by atoms with E-state index < -0.39 is 5.97 Å². The number of carboxylic acid groups (broad SMARTS) is 1. The van der Waals surface area contributed by atoms with Crippen molar-refractivity contribution in [1.82, 2.24) is 0 Å². The van der Waals surface area contributed by atoms with E-state index in [1.807, 2.05) is 13.8 Å². The van der Waals surface area contributed by atoms with Crippen LogP contribution in [0.3, 0.4) is 0 Å². The number of aromatic carboxylic acids is 1. The summed E-state index contributed by atoms with van der Waals surface area (Å²) in [7, 11) is 1.45. The van der Waals surface area contributed by atoms with E-state index >= 15 is 0 Å². The monoisotopic (exact) mass is 294 g/mol. The Kier molecular flexibility index (Phi) is 6.17. The van der Waals surface area contributed by atoms with Crippen molar-refractivity contribution >= 4 is 17.6 Å². The molecule has 1 aromatic rings. The van der Waals surface area contributed by atoms with Crippen LogP contribution in [0.2, 0.25) is 0 Å². The molecule has 6 nitrogen and oxygen atoms in total. The van der Waals surface area contributed by atoms with Crippen molar-refractivity contribution < 1.29 is 19.4 Å². The summed E-state index contributed by atoms with van der Waals surface area (Å²) in [6, 6.07) is 4.49. The van der Waals surface area contributed by atoms with Gasteiger partial charge in [0.05, 0.1) is 24.3 Å². The molecule has 0 bridgehead atoms. The van der Waals surface area contributed by atoms with Gasteiger partial charge >= 0.3 is 5.97 Å². The number of nitrogens with one attached hydrogen (secondary N) is 1. The van der Waals surface area contributed by atoms with Crippen molar-refractivity contribution in [2.45, 2.75) is 20.3 Å². The average Bonchev–Trinajstić information content (AvgIpc) is 2.44. The van der Waals surface area contributed by atoms with Crippen molar-refractivity contribution in [2.75, 3.05) is 19.0 Å². The smallest absolute Gasteiger partial charge is 0.337 e. The van der Waals surface area contributed by atoms with Crippen LogP contribution in [0.5, 0.6) is 5.75 Å². The van der Waals surface area contributed by atoms with Gasteiger partial charge < -0.3 is 20.9 Å². The highest BCUT2D eigenvalue weighted by atomic mass is 16.5. The van der Waals surface area contributed by atoms with Crippen molar-refractivity contribution in [1.29, 1.82) is 0 Å². The molecular formula is C15H22N2O4. The molecule has 0 radical (unpaired) electrons. The first-order valence-electron chi connectivity index (χ1n) is 6.81. The Morgan fingerprint density at radius 1 is 1.38 bits per heavy atom. The number of ether oxygens (including phenoxy) is 1. The first kappa shape index (κ1) is 17.0. The number of rotatable bonds is 7. The van der Waals surface area contributed by atoms with Crippen molar-refractivity contribution in [3.63, 3.8) is 0 Å². The number of carboxylic acids is 1. The number of amides is 1. The van der Waals surface area contributed by atoms with Gasteiger partial charge in [-0.1, -0.05) is 13.8 Å². The van der Waals surface area contributed by atoms with E-state index in [4.69, 9.17) is 10.5 Å². The number of hydrogen-bond acceptors (Lipinski definition) is 4. The second-order valence-corrected chi connectivity index (χ2v) is 5.27. The summed E-state index contributed by atoms with van der Waals surface area (Å²) < 4.78 is 4.99. The lowest BCUT2D eigenvalue weighted by Gasteiger charge is -2.18. The molecule has 0 saturated heterocycles. The molecule has 1 atom stereocenters. The highest BCUT2D eigenvalue weighted by molar-refractivity contribution is 6.01. The van der Waals surface area contributed by atoms with Crippen molar-refractivity contribution in [3.8, 4) is 5.75 Å². The number of carbonyl (C=O) groups is 2. The Morgan fingerprint density at radius 2 is 2.05 bits per heavy atom. The van der Waals surface area contributed by atoms with E-state index in [0.717, 1.165) is 0 Å². The van der Waals surface area contributed by atoms with Crippen molar-refractivity contribution in [3.05, 3.63) is 23.8 Å². The number of nitrogens with two attached hydrogens (primary N) is 1. The number of carbonyl (C=O) groups excluding carboxylic acids is 1. The lowest BCUT2D eigenvalue weighted by molar-refractivity contribution is -0.120. The fourth-order valence-electron chi connectivity index (χ4n) is 2.05. The van der Waals surface area contributed by atoms with Gasteiger partial charge in [-0.25, -0.2) is 4.79 Å². The van der Waals surface area contributed by atoms with E-state index in [1.165, 1.54) is 19.2 Å². The Labute approximate surface area is 124 Å². The Bertz CT molecular complexity index is 514. The third-order valence-corrected chi connectivity index (χ3v) is 3.13. The summed E-state index contributed by atoms with van der Waals surface area (Å²) in [5.41, 5.74) is 5.86. The molecule has 6 heteroatoms. The molecule has 1 amide bonds. The van der Waals surface area contributed by atoms with Gasteiger partial charge in [-0.15, -0.1) is 0 Å². The van der Waals surface area contributed by atoms with Crippen LogP contribution in [0, 0.1) is 11.8 Å². The van der Waals surface area contributed by atoms with Crippen LogP contribution >= 0.6 is 0 Å². The summed E-state index contributed by atoms with van der Waals surface area (Å²) in [6.45, 7) is 4.24. The standard InChI is InChI=1S/C15H22N2O4/c1-9(2)6-10(8-16)14(18)17-13-5-4-11(21-3)7-12(13)15(19)20/h4-5,7,9-10H,6,8,16H2,1-3H3,(H,17,18)(H,19,20). The van der Waals surface area contributed by atoms with Gasteiger partial charge in [0, 0.05) is 6.54 Å². The lowest BCUT2D eigenvalue weighted by atomic mass is 9.96. The molecular weight excluding hydrogens is 272 g/mol. The Hall–Kier alpha value is -2.08. The third kappa shape index (κ3) is 4.75. The van der Waals surface area contributed by atoms with Gasteiger partial charge in [0.2, 0.25) is 5.91 Å². The predicted molar refractivity (Wildman–Crippen MR) is 80.6 cm³/mol. The van der Waals surface area contributed by atoms with Gasteiger partial charge in [0.25, 0.3) is 0 Å². The molecule has 1 rings (SSSR count). The topological polar surface area (TPSA) is 102 Å². The normalized spacial score (nSPS) is 12.0. The van der Waals surface area contributed by atoms with E-state index in [2.05, 4.69) is 5.32 Å². The fourth-order valence-corrected chi connectivity index (χ4v) is 2.05. The van der Waals surface area contributed by atoms with Crippen LogP contribution < -0.4 is 15.8 Å². The summed E-state index contributed by atoms with van der Waals surface area (Å²) >= 11 is 0. The highest BCUT2D eigenvalue weighted by Crippen LogP contribution is 2.23. The summed E-state index contributed by atoms with van der Waals surface area (Å²) in [5, 5.41) is 11.9. The predicted octanol–water partition coefficient (Wildman–Crippen LogP) is 1.95. The molecule has 4 N–H and O–H groups in total. The maximum Gasteiger partial charge on any atom is 0.337 e. The number of methoxy groups -OCH3 is 1. The molecule has 0 aliphatic rings. The minimum atomic E-state index is -1.13. The van der Waals surface area contributed by atoms with Crippen LogP contribution in [-0.4, -0.2) is 30.6 Å². The van der Waals surface area contributed by atoms with Crippen LogP contribution in [0.1, 0.15) is 30.6 Å². The molecule has 0 aromatic heterocycles. The van der Waals surface area contributed by atoms with Crippen LogP contribution in [0.4, 0.5) is 5.69 Å². The van der Waals surface area contributed by atoms with Crippen LogP contribution in [0.15, 0.2) is 18.2 Å². The molecule has 0 aliphatic heterocycles.